The van der Waals surface area contributed by atoms with Gasteiger partial charge in [-0.1, -0.05) is 12.1 Å². The number of hydrogen-bond donors (Lipinski definition) is 1. The van der Waals surface area contributed by atoms with E-state index in [9.17, 15) is 9.59 Å². The fourth-order valence-electron chi connectivity index (χ4n) is 2.81. The minimum atomic E-state index is -0.589. The summed E-state index contributed by atoms with van der Waals surface area (Å²) in [4.78, 5) is 25.8. The molecule has 2 N–H and O–H groups in total. The molecule has 0 aliphatic carbocycles. The van der Waals surface area contributed by atoms with E-state index in [0.29, 0.717) is 17.9 Å². The number of likely N-dealkylation sites (tertiary alicyclic amines) is 1. The van der Waals surface area contributed by atoms with Gasteiger partial charge in [-0.25, -0.2) is 0 Å². The summed E-state index contributed by atoms with van der Waals surface area (Å²) in [6.45, 7) is 4.47. The number of ether oxygens (including phenoxy) is 1. The van der Waals surface area contributed by atoms with Crippen molar-refractivity contribution < 1.29 is 14.3 Å². The lowest BCUT2D eigenvalue weighted by atomic mass is 10.0. The molecule has 1 fully saturated rings. The van der Waals surface area contributed by atoms with Crippen LogP contribution in [-0.2, 0) is 4.79 Å². The van der Waals surface area contributed by atoms with Gasteiger partial charge in [0.05, 0.1) is 0 Å². The van der Waals surface area contributed by atoms with Gasteiger partial charge in [0.2, 0.25) is 0 Å². The number of piperidine rings is 1. The minimum Gasteiger partial charge on any atom is -0.481 e. The van der Waals surface area contributed by atoms with Gasteiger partial charge in [-0.15, -0.1) is 12.4 Å². The van der Waals surface area contributed by atoms with Crippen LogP contribution in [0.4, 0.5) is 0 Å². The summed E-state index contributed by atoms with van der Waals surface area (Å²) in [7, 11) is 0. The highest BCUT2D eigenvalue weighted by molar-refractivity contribution is 5.94. The van der Waals surface area contributed by atoms with Crippen molar-refractivity contribution >= 4 is 24.1 Å². The molecule has 0 saturated carbocycles. The minimum absolute atomic E-state index is 0. The molecule has 0 aromatic heterocycles. The maximum atomic E-state index is 12.6. The predicted octanol–water partition coefficient (Wildman–Crippen LogP) is 2.42. The topological polar surface area (TPSA) is 72.6 Å². The number of rotatable bonds is 5. The third kappa shape index (κ3) is 4.94. The van der Waals surface area contributed by atoms with Crippen LogP contribution < -0.4 is 10.5 Å². The summed E-state index contributed by atoms with van der Waals surface area (Å²) in [5, 5.41) is 0. The van der Waals surface area contributed by atoms with Gasteiger partial charge in [-0.05, 0) is 45.2 Å². The first-order valence-corrected chi connectivity index (χ1v) is 7.81. The van der Waals surface area contributed by atoms with E-state index in [0.717, 1.165) is 25.8 Å². The second kappa shape index (κ2) is 8.89. The molecule has 1 saturated heterocycles. The predicted molar refractivity (Wildman–Crippen MR) is 92.2 cm³/mol. The maximum absolute atomic E-state index is 12.6. The molecular weight excluding hydrogens is 316 g/mol. The molecule has 23 heavy (non-hydrogen) atoms. The van der Waals surface area contributed by atoms with E-state index in [2.05, 4.69) is 0 Å². The second-order valence-corrected chi connectivity index (χ2v) is 5.76. The van der Waals surface area contributed by atoms with Gasteiger partial charge >= 0.3 is 0 Å². The van der Waals surface area contributed by atoms with E-state index in [1.165, 1.54) is 6.92 Å². The SMILES string of the molecule is CC(=O)c1cccc(OC(C)C(=O)N2CCCCC2CN)c1.Cl. The number of carbonyl (C=O) groups is 2. The molecule has 1 amide bonds. The molecule has 2 atom stereocenters. The third-order valence-corrected chi connectivity index (χ3v) is 4.08. The smallest absolute Gasteiger partial charge is 0.263 e. The molecule has 0 radical (unpaired) electrons. The van der Waals surface area contributed by atoms with E-state index in [4.69, 9.17) is 10.5 Å². The van der Waals surface area contributed by atoms with Gasteiger partial charge in [0.1, 0.15) is 5.75 Å². The quantitative estimate of drug-likeness (QED) is 0.835. The van der Waals surface area contributed by atoms with Crippen LogP contribution in [0.15, 0.2) is 24.3 Å². The lowest BCUT2D eigenvalue weighted by Gasteiger charge is -2.36. The number of benzene rings is 1. The molecule has 1 heterocycles. The summed E-state index contributed by atoms with van der Waals surface area (Å²) < 4.78 is 5.73. The fourth-order valence-corrected chi connectivity index (χ4v) is 2.81. The number of hydrogen-bond acceptors (Lipinski definition) is 4. The number of ketones is 1. The Morgan fingerprint density at radius 3 is 2.78 bits per heavy atom. The van der Waals surface area contributed by atoms with Crippen molar-refractivity contribution in [3.8, 4) is 5.75 Å². The highest BCUT2D eigenvalue weighted by atomic mass is 35.5. The van der Waals surface area contributed by atoms with Gasteiger partial charge < -0.3 is 15.4 Å². The van der Waals surface area contributed by atoms with Crippen LogP contribution in [0.2, 0.25) is 0 Å². The molecular formula is C17H25ClN2O3. The van der Waals surface area contributed by atoms with Crippen LogP contribution in [0.3, 0.4) is 0 Å². The summed E-state index contributed by atoms with van der Waals surface area (Å²) in [6, 6.07) is 7.02. The number of nitrogens with zero attached hydrogens (tertiary/aromatic N) is 1. The van der Waals surface area contributed by atoms with Gasteiger partial charge in [-0.2, -0.15) is 0 Å². The monoisotopic (exact) mass is 340 g/mol. The van der Waals surface area contributed by atoms with Crippen LogP contribution in [0.1, 0.15) is 43.5 Å². The molecule has 1 aliphatic heterocycles. The first kappa shape index (κ1) is 19.5. The summed E-state index contributed by atoms with van der Waals surface area (Å²) in [5.41, 5.74) is 6.34. The lowest BCUT2D eigenvalue weighted by molar-refractivity contribution is -0.141. The highest BCUT2D eigenvalue weighted by Crippen LogP contribution is 2.20. The van der Waals surface area contributed by atoms with E-state index in [-0.39, 0.29) is 30.1 Å². The Labute approximate surface area is 143 Å². The Kier molecular flexibility index (Phi) is 7.52. The zero-order valence-corrected chi connectivity index (χ0v) is 14.5. The van der Waals surface area contributed by atoms with Gasteiger partial charge in [0, 0.05) is 24.7 Å². The average molecular weight is 341 g/mol. The van der Waals surface area contributed by atoms with Crippen molar-refractivity contribution in [1.82, 2.24) is 4.90 Å². The standard InChI is InChI=1S/C17H24N2O3.ClH/c1-12(20)14-6-5-8-16(10-14)22-13(2)17(21)19-9-4-3-7-15(19)11-18;/h5-6,8,10,13,15H,3-4,7,9,11,18H2,1-2H3;1H. The first-order valence-electron chi connectivity index (χ1n) is 7.81. The van der Waals surface area contributed by atoms with E-state index in [1.54, 1.807) is 31.2 Å². The summed E-state index contributed by atoms with van der Waals surface area (Å²) in [6.07, 6.45) is 2.49. The van der Waals surface area contributed by atoms with Crippen LogP contribution in [0.25, 0.3) is 0 Å². The van der Waals surface area contributed by atoms with Crippen LogP contribution in [0, 0.1) is 0 Å². The normalized spacial score (nSPS) is 18.7. The lowest BCUT2D eigenvalue weighted by Crippen LogP contribution is -2.51. The van der Waals surface area contributed by atoms with Gasteiger partial charge in [0.15, 0.2) is 11.9 Å². The molecule has 128 valence electrons. The Morgan fingerprint density at radius 2 is 2.13 bits per heavy atom. The number of carbonyl (C=O) groups excluding carboxylic acids is 2. The van der Waals surface area contributed by atoms with Crippen LogP contribution in [-0.4, -0.2) is 41.8 Å². The highest BCUT2D eigenvalue weighted by Gasteiger charge is 2.29. The Bertz CT molecular complexity index is 550. The van der Waals surface area contributed by atoms with Crippen molar-refractivity contribution in [2.75, 3.05) is 13.1 Å². The summed E-state index contributed by atoms with van der Waals surface area (Å²) >= 11 is 0. The van der Waals surface area contributed by atoms with Gasteiger partial charge in [-0.3, -0.25) is 9.59 Å². The maximum Gasteiger partial charge on any atom is 0.263 e. The molecule has 6 heteroatoms. The molecule has 2 unspecified atom stereocenters. The van der Waals surface area contributed by atoms with Crippen molar-refractivity contribution in [2.24, 2.45) is 5.73 Å². The zero-order chi connectivity index (χ0) is 16.1. The fraction of sp³-hybridized carbons (Fsp3) is 0.529. The average Bonchev–Trinajstić information content (AvgIpc) is 2.54. The van der Waals surface area contributed by atoms with Crippen LogP contribution in [0.5, 0.6) is 5.75 Å². The van der Waals surface area contributed by atoms with E-state index >= 15 is 0 Å². The Morgan fingerprint density at radius 1 is 1.39 bits per heavy atom. The number of Topliss-reactive ketones (excluding diaryl/α,β-unsaturated/α-hetero) is 1. The van der Waals surface area contributed by atoms with Crippen molar-refractivity contribution in [2.45, 2.75) is 45.3 Å². The first-order chi connectivity index (χ1) is 10.5. The van der Waals surface area contributed by atoms with E-state index < -0.39 is 6.10 Å². The van der Waals surface area contributed by atoms with Crippen LogP contribution >= 0.6 is 12.4 Å². The van der Waals surface area contributed by atoms with E-state index in [1.807, 2.05) is 4.90 Å². The zero-order valence-electron chi connectivity index (χ0n) is 13.7. The molecule has 1 aromatic rings. The Hall–Kier alpha value is -1.59. The molecule has 0 spiro atoms. The molecule has 0 bridgehead atoms. The third-order valence-electron chi connectivity index (χ3n) is 4.08. The molecule has 2 rings (SSSR count). The molecule has 1 aromatic carbocycles. The van der Waals surface area contributed by atoms with Gasteiger partial charge in [0.25, 0.3) is 5.91 Å². The second-order valence-electron chi connectivity index (χ2n) is 5.76. The van der Waals surface area contributed by atoms with Crippen molar-refractivity contribution in [3.05, 3.63) is 29.8 Å². The number of halogens is 1. The molecule has 1 aliphatic rings. The molecule has 5 nitrogen and oxygen atoms in total. The van der Waals surface area contributed by atoms with Crippen molar-refractivity contribution in [1.29, 1.82) is 0 Å². The van der Waals surface area contributed by atoms with Crippen molar-refractivity contribution in [3.63, 3.8) is 0 Å². The number of amides is 1. The summed E-state index contributed by atoms with van der Waals surface area (Å²) in [5.74, 6) is 0.474. The Balaban J connectivity index is 0.00000264. The largest absolute Gasteiger partial charge is 0.481 e. The number of nitrogens with two attached hydrogens (primary N) is 1.